The fraction of sp³-hybridized carbons (Fsp3) is 0.0769. The maximum atomic E-state index is 9.03. The number of aromatic nitrogens is 1. The van der Waals surface area contributed by atoms with Crippen molar-refractivity contribution in [2.75, 3.05) is 0 Å². The summed E-state index contributed by atoms with van der Waals surface area (Å²) >= 11 is 6.11. The molecule has 1 aromatic carbocycles. The summed E-state index contributed by atoms with van der Waals surface area (Å²) in [7, 11) is 0. The molecule has 1 heterocycles. The van der Waals surface area contributed by atoms with Crippen LogP contribution in [0, 0.1) is 18.3 Å². The zero-order valence-electron chi connectivity index (χ0n) is 8.74. The van der Waals surface area contributed by atoms with Crippen LogP contribution in [-0.2, 0) is 0 Å². The number of hydrogen-bond donors (Lipinski definition) is 0. The molecule has 0 spiro atoms. The lowest BCUT2D eigenvalue weighted by atomic mass is 10.0. The van der Waals surface area contributed by atoms with Crippen molar-refractivity contribution in [2.45, 2.75) is 6.92 Å². The Kier molecular flexibility index (Phi) is 2.89. The zero-order chi connectivity index (χ0) is 11.5. The van der Waals surface area contributed by atoms with Gasteiger partial charge in [0.1, 0.15) is 6.07 Å². The molecule has 0 fully saturated rings. The summed E-state index contributed by atoms with van der Waals surface area (Å²) in [5, 5.41) is 9.67. The summed E-state index contributed by atoms with van der Waals surface area (Å²) in [6, 6.07) is 11.5. The van der Waals surface area contributed by atoms with Crippen molar-refractivity contribution in [1.82, 2.24) is 4.98 Å². The van der Waals surface area contributed by atoms with Gasteiger partial charge in [0.05, 0.1) is 5.56 Å². The van der Waals surface area contributed by atoms with E-state index in [4.69, 9.17) is 16.9 Å². The van der Waals surface area contributed by atoms with Gasteiger partial charge in [-0.15, -0.1) is 0 Å². The first-order valence-electron chi connectivity index (χ1n) is 4.84. The first-order valence-corrected chi connectivity index (χ1v) is 5.22. The minimum atomic E-state index is 0.540. The summed E-state index contributed by atoms with van der Waals surface area (Å²) in [6.45, 7) is 1.89. The van der Waals surface area contributed by atoms with Crippen LogP contribution in [0.3, 0.4) is 0 Å². The average molecular weight is 229 g/mol. The van der Waals surface area contributed by atoms with Crippen molar-refractivity contribution in [1.29, 1.82) is 5.26 Å². The highest BCUT2D eigenvalue weighted by Gasteiger charge is 2.08. The molecule has 1 aromatic heterocycles. The Labute approximate surface area is 99.1 Å². The molecule has 2 aromatic rings. The Bertz CT molecular complexity index is 570. The highest BCUT2D eigenvalue weighted by Crippen LogP contribution is 2.29. The first kappa shape index (κ1) is 10.7. The zero-order valence-corrected chi connectivity index (χ0v) is 9.49. The molecule has 78 valence electrons. The smallest absolute Gasteiger partial charge is 0.101 e. The monoisotopic (exact) mass is 228 g/mol. The number of nitrogens with zero attached hydrogens (tertiary/aromatic N) is 2. The van der Waals surface area contributed by atoms with Gasteiger partial charge in [-0.3, -0.25) is 4.98 Å². The molecule has 0 unspecified atom stereocenters. The van der Waals surface area contributed by atoms with Crippen LogP contribution in [0.2, 0.25) is 5.02 Å². The second-order valence-electron chi connectivity index (χ2n) is 3.46. The number of benzene rings is 1. The van der Waals surface area contributed by atoms with E-state index in [9.17, 15) is 0 Å². The number of rotatable bonds is 1. The van der Waals surface area contributed by atoms with Crippen LogP contribution in [0.1, 0.15) is 11.3 Å². The van der Waals surface area contributed by atoms with Gasteiger partial charge in [-0.1, -0.05) is 29.8 Å². The largest absolute Gasteiger partial charge is 0.260 e. The van der Waals surface area contributed by atoms with Gasteiger partial charge < -0.3 is 0 Å². The van der Waals surface area contributed by atoms with Crippen molar-refractivity contribution in [3.8, 4) is 17.2 Å². The lowest BCUT2D eigenvalue weighted by Gasteiger charge is -2.06. The predicted molar refractivity (Wildman–Crippen MR) is 64.1 cm³/mol. The van der Waals surface area contributed by atoms with E-state index >= 15 is 0 Å². The van der Waals surface area contributed by atoms with Crippen LogP contribution in [0.25, 0.3) is 11.1 Å². The highest BCUT2D eigenvalue weighted by atomic mass is 35.5. The second kappa shape index (κ2) is 4.34. The van der Waals surface area contributed by atoms with Gasteiger partial charge in [0.2, 0.25) is 0 Å². The molecule has 0 aliphatic heterocycles. The molecule has 0 saturated carbocycles. The lowest BCUT2D eigenvalue weighted by molar-refractivity contribution is 1.19. The Hall–Kier alpha value is -1.85. The standard InChI is InChI=1S/C13H9ClN2/c1-9-6-12(10(7-15)8-16-9)11-4-2-3-5-13(11)14/h2-6,8H,1H3. The summed E-state index contributed by atoms with van der Waals surface area (Å²) < 4.78 is 0. The molecule has 0 radical (unpaired) electrons. The van der Waals surface area contributed by atoms with Crippen LogP contribution >= 0.6 is 11.6 Å². The molecule has 0 saturated heterocycles. The SMILES string of the molecule is Cc1cc(-c2ccccc2Cl)c(C#N)cn1. The van der Waals surface area contributed by atoms with Crippen LogP contribution in [0.15, 0.2) is 36.5 Å². The van der Waals surface area contributed by atoms with E-state index in [1.54, 1.807) is 6.20 Å². The molecule has 3 heteroatoms. The third-order valence-electron chi connectivity index (χ3n) is 2.33. The number of aryl methyl sites for hydroxylation is 1. The van der Waals surface area contributed by atoms with Gasteiger partial charge in [0.15, 0.2) is 0 Å². The van der Waals surface area contributed by atoms with Gasteiger partial charge in [-0.2, -0.15) is 5.26 Å². The van der Waals surface area contributed by atoms with E-state index in [1.165, 1.54) is 0 Å². The predicted octanol–water partition coefficient (Wildman–Crippen LogP) is 3.58. The normalized spacial score (nSPS) is 9.81. The Morgan fingerprint density at radius 1 is 1.25 bits per heavy atom. The molecule has 0 amide bonds. The molecule has 16 heavy (non-hydrogen) atoms. The molecule has 0 bridgehead atoms. The van der Waals surface area contributed by atoms with Gasteiger partial charge in [0.25, 0.3) is 0 Å². The minimum Gasteiger partial charge on any atom is -0.260 e. The van der Waals surface area contributed by atoms with E-state index in [0.29, 0.717) is 10.6 Å². The van der Waals surface area contributed by atoms with Gasteiger partial charge in [-0.05, 0) is 19.1 Å². The van der Waals surface area contributed by atoms with E-state index < -0.39 is 0 Å². The summed E-state index contributed by atoms with van der Waals surface area (Å²) in [5.74, 6) is 0. The van der Waals surface area contributed by atoms with Gasteiger partial charge in [0, 0.05) is 28.0 Å². The van der Waals surface area contributed by atoms with E-state index in [2.05, 4.69) is 11.1 Å². The summed E-state index contributed by atoms with van der Waals surface area (Å²) in [4.78, 5) is 4.10. The van der Waals surface area contributed by atoms with Crippen molar-refractivity contribution in [2.24, 2.45) is 0 Å². The number of hydrogen-bond acceptors (Lipinski definition) is 2. The van der Waals surface area contributed by atoms with E-state index in [-0.39, 0.29) is 0 Å². The van der Waals surface area contributed by atoms with Crippen molar-refractivity contribution >= 4 is 11.6 Å². The molecule has 2 rings (SSSR count). The van der Waals surface area contributed by atoms with Gasteiger partial charge in [-0.25, -0.2) is 0 Å². The Morgan fingerprint density at radius 3 is 2.69 bits per heavy atom. The lowest BCUT2D eigenvalue weighted by Crippen LogP contribution is -1.89. The Morgan fingerprint density at radius 2 is 2.00 bits per heavy atom. The van der Waals surface area contributed by atoms with Crippen molar-refractivity contribution < 1.29 is 0 Å². The third kappa shape index (κ3) is 1.91. The van der Waals surface area contributed by atoms with Crippen LogP contribution in [-0.4, -0.2) is 4.98 Å². The average Bonchev–Trinajstić information content (AvgIpc) is 2.29. The molecular weight excluding hydrogens is 220 g/mol. The molecule has 0 aliphatic rings. The Balaban J connectivity index is 2.69. The molecular formula is C13H9ClN2. The van der Waals surface area contributed by atoms with Gasteiger partial charge >= 0.3 is 0 Å². The van der Waals surface area contributed by atoms with Crippen LogP contribution in [0.4, 0.5) is 0 Å². The fourth-order valence-corrected chi connectivity index (χ4v) is 1.79. The third-order valence-corrected chi connectivity index (χ3v) is 2.65. The molecule has 0 aliphatic carbocycles. The first-order chi connectivity index (χ1) is 7.72. The van der Waals surface area contributed by atoms with E-state index in [0.717, 1.165) is 16.8 Å². The molecule has 0 N–H and O–H groups in total. The number of pyridine rings is 1. The molecule has 0 atom stereocenters. The van der Waals surface area contributed by atoms with Crippen molar-refractivity contribution in [3.05, 3.63) is 52.8 Å². The van der Waals surface area contributed by atoms with E-state index in [1.807, 2.05) is 37.3 Å². The topological polar surface area (TPSA) is 36.7 Å². The quantitative estimate of drug-likeness (QED) is 0.748. The maximum absolute atomic E-state index is 9.03. The van der Waals surface area contributed by atoms with Crippen molar-refractivity contribution in [3.63, 3.8) is 0 Å². The minimum absolute atomic E-state index is 0.540. The van der Waals surface area contributed by atoms with Crippen LogP contribution < -0.4 is 0 Å². The fourth-order valence-electron chi connectivity index (χ4n) is 1.55. The molecule has 2 nitrogen and oxygen atoms in total. The number of halogens is 1. The summed E-state index contributed by atoms with van der Waals surface area (Å²) in [6.07, 6.45) is 1.58. The second-order valence-corrected chi connectivity index (χ2v) is 3.87. The highest BCUT2D eigenvalue weighted by molar-refractivity contribution is 6.33. The van der Waals surface area contributed by atoms with Crippen LogP contribution in [0.5, 0.6) is 0 Å². The summed E-state index contributed by atoms with van der Waals surface area (Å²) in [5.41, 5.74) is 3.11. The number of nitriles is 1. The maximum Gasteiger partial charge on any atom is 0.101 e.